The lowest BCUT2D eigenvalue weighted by Gasteiger charge is -2.28. The number of quaternary nitrogens is 1. The lowest BCUT2D eigenvalue weighted by molar-refractivity contribution is -0.917. The van der Waals surface area contributed by atoms with Crippen LogP contribution in [0.1, 0.15) is 11.4 Å². The summed E-state index contributed by atoms with van der Waals surface area (Å²) >= 11 is 0. The van der Waals surface area contributed by atoms with Crippen molar-refractivity contribution in [3.8, 4) is 0 Å². The van der Waals surface area contributed by atoms with Crippen molar-refractivity contribution in [2.24, 2.45) is 0 Å². The molecule has 0 aromatic carbocycles. The molecule has 0 aliphatic heterocycles. The maximum Gasteiger partial charge on any atom is 0.121 e. The summed E-state index contributed by atoms with van der Waals surface area (Å²) in [6.45, 7) is 1.83. The Labute approximate surface area is 102 Å². The van der Waals surface area contributed by atoms with E-state index in [9.17, 15) is 0 Å². The first-order chi connectivity index (χ1) is 8.16. The number of rotatable bonds is 4. The van der Waals surface area contributed by atoms with Crippen molar-refractivity contribution in [2.75, 3.05) is 14.1 Å². The van der Waals surface area contributed by atoms with Crippen molar-refractivity contribution in [1.82, 2.24) is 9.97 Å². The molecule has 3 nitrogen and oxygen atoms in total. The molecule has 0 aliphatic rings. The van der Waals surface area contributed by atoms with Crippen LogP contribution in [0, 0.1) is 0 Å². The van der Waals surface area contributed by atoms with Gasteiger partial charge in [-0.3, -0.25) is 9.97 Å². The summed E-state index contributed by atoms with van der Waals surface area (Å²) in [5.74, 6) is 0. The van der Waals surface area contributed by atoms with E-state index in [1.807, 2.05) is 36.7 Å². The predicted molar refractivity (Wildman–Crippen MR) is 68.0 cm³/mol. The van der Waals surface area contributed by atoms with Crippen LogP contribution in [-0.4, -0.2) is 28.5 Å². The molecule has 0 unspecified atom stereocenters. The third-order valence-electron chi connectivity index (χ3n) is 2.63. The van der Waals surface area contributed by atoms with Gasteiger partial charge >= 0.3 is 0 Å². The van der Waals surface area contributed by atoms with Gasteiger partial charge in [0.15, 0.2) is 0 Å². The fraction of sp³-hybridized carbons (Fsp3) is 0.286. The minimum absolute atomic E-state index is 0.855. The number of hydrogen-bond acceptors (Lipinski definition) is 2. The largest absolute Gasteiger partial charge is 0.318 e. The van der Waals surface area contributed by atoms with E-state index in [1.54, 1.807) is 0 Å². The summed E-state index contributed by atoms with van der Waals surface area (Å²) in [4.78, 5) is 8.74. The fourth-order valence-electron chi connectivity index (χ4n) is 1.92. The normalized spacial score (nSPS) is 11.4. The van der Waals surface area contributed by atoms with E-state index < -0.39 is 0 Å². The predicted octanol–water partition coefficient (Wildman–Crippen LogP) is 2.25. The molecule has 0 amide bonds. The summed E-state index contributed by atoms with van der Waals surface area (Å²) in [5, 5.41) is 0. The van der Waals surface area contributed by atoms with Crippen LogP contribution < -0.4 is 0 Å². The van der Waals surface area contributed by atoms with Gasteiger partial charge in [0, 0.05) is 12.4 Å². The second-order valence-electron chi connectivity index (χ2n) is 4.89. The average Bonchev–Trinajstić information content (AvgIpc) is 2.30. The van der Waals surface area contributed by atoms with Gasteiger partial charge in [0.25, 0.3) is 0 Å². The quantitative estimate of drug-likeness (QED) is 0.750. The molecule has 0 saturated carbocycles. The highest BCUT2D eigenvalue weighted by Gasteiger charge is 2.17. The Bertz CT molecular complexity index is 408. The zero-order valence-corrected chi connectivity index (χ0v) is 10.4. The molecule has 0 saturated heterocycles. The van der Waals surface area contributed by atoms with E-state index in [0.29, 0.717) is 0 Å². The van der Waals surface area contributed by atoms with Crippen LogP contribution >= 0.6 is 0 Å². The molecule has 2 aromatic rings. The molecule has 0 N–H and O–H groups in total. The van der Waals surface area contributed by atoms with Gasteiger partial charge in [-0.1, -0.05) is 12.1 Å². The maximum absolute atomic E-state index is 4.37. The highest BCUT2D eigenvalue weighted by molar-refractivity contribution is 5.03. The van der Waals surface area contributed by atoms with Gasteiger partial charge in [-0.2, -0.15) is 0 Å². The third kappa shape index (κ3) is 3.64. The number of nitrogens with zero attached hydrogens (tertiary/aromatic N) is 3. The topological polar surface area (TPSA) is 25.8 Å². The van der Waals surface area contributed by atoms with E-state index in [4.69, 9.17) is 0 Å². The molecular formula is C14H18N3+. The molecule has 17 heavy (non-hydrogen) atoms. The van der Waals surface area contributed by atoms with Crippen LogP contribution in [0.4, 0.5) is 0 Å². The van der Waals surface area contributed by atoms with Gasteiger partial charge < -0.3 is 4.48 Å². The smallest absolute Gasteiger partial charge is 0.121 e. The monoisotopic (exact) mass is 228 g/mol. The Balaban J connectivity index is 2.04. The zero-order valence-electron chi connectivity index (χ0n) is 10.4. The molecule has 0 spiro atoms. The van der Waals surface area contributed by atoms with Crippen LogP contribution in [0.3, 0.4) is 0 Å². The van der Waals surface area contributed by atoms with Crippen LogP contribution in [0.5, 0.6) is 0 Å². The Kier molecular flexibility index (Phi) is 3.49. The van der Waals surface area contributed by atoms with E-state index in [1.165, 1.54) is 0 Å². The summed E-state index contributed by atoms with van der Waals surface area (Å²) in [5.41, 5.74) is 2.24. The SMILES string of the molecule is C[N+](C)(Cc1ccccn1)Cc1ccccn1. The van der Waals surface area contributed by atoms with Gasteiger partial charge in [-0.15, -0.1) is 0 Å². The average molecular weight is 228 g/mol. The van der Waals surface area contributed by atoms with E-state index in [2.05, 4.69) is 36.2 Å². The van der Waals surface area contributed by atoms with Crippen LogP contribution in [0.25, 0.3) is 0 Å². The van der Waals surface area contributed by atoms with Gasteiger partial charge in [0.2, 0.25) is 0 Å². The second-order valence-corrected chi connectivity index (χ2v) is 4.89. The standard InChI is InChI=1S/C14H18N3/c1-17(2,11-13-7-3-5-9-15-13)12-14-8-4-6-10-16-14/h3-10H,11-12H2,1-2H3/q+1. The first kappa shape index (κ1) is 11.7. The minimum Gasteiger partial charge on any atom is -0.318 e. The lowest BCUT2D eigenvalue weighted by Crippen LogP contribution is -2.38. The molecule has 0 atom stereocenters. The number of hydrogen-bond donors (Lipinski definition) is 0. The molecule has 0 aliphatic carbocycles. The van der Waals surface area contributed by atoms with E-state index in [-0.39, 0.29) is 0 Å². The van der Waals surface area contributed by atoms with Crippen molar-refractivity contribution >= 4 is 0 Å². The van der Waals surface area contributed by atoms with Crippen molar-refractivity contribution in [2.45, 2.75) is 13.1 Å². The minimum atomic E-state index is 0.855. The second kappa shape index (κ2) is 5.06. The fourth-order valence-corrected chi connectivity index (χ4v) is 1.92. The zero-order chi connectivity index (χ0) is 12.1. The van der Waals surface area contributed by atoms with Gasteiger partial charge in [0.1, 0.15) is 13.1 Å². The van der Waals surface area contributed by atoms with Crippen molar-refractivity contribution in [3.63, 3.8) is 0 Å². The Morgan fingerprint density at radius 2 is 1.29 bits per heavy atom. The summed E-state index contributed by atoms with van der Waals surface area (Å²) < 4.78 is 0.855. The first-order valence-electron chi connectivity index (χ1n) is 5.77. The van der Waals surface area contributed by atoms with E-state index in [0.717, 1.165) is 29.0 Å². The number of pyridine rings is 2. The van der Waals surface area contributed by atoms with Crippen molar-refractivity contribution in [1.29, 1.82) is 0 Å². The molecule has 0 bridgehead atoms. The first-order valence-corrected chi connectivity index (χ1v) is 5.77. The molecule has 0 radical (unpaired) electrons. The maximum atomic E-state index is 4.37. The molecule has 2 heterocycles. The van der Waals surface area contributed by atoms with Crippen molar-refractivity contribution in [3.05, 3.63) is 60.2 Å². The molecule has 0 fully saturated rings. The van der Waals surface area contributed by atoms with Gasteiger partial charge in [0.05, 0.1) is 25.5 Å². The molecule has 2 rings (SSSR count). The third-order valence-corrected chi connectivity index (χ3v) is 2.63. The molecule has 3 heteroatoms. The van der Waals surface area contributed by atoms with Crippen LogP contribution in [-0.2, 0) is 13.1 Å². The Morgan fingerprint density at radius 3 is 1.65 bits per heavy atom. The number of aromatic nitrogens is 2. The summed E-state index contributed by atoms with van der Waals surface area (Å²) in [6, 6.07) is 12.1. The van der Waals surface area contributed by atoms with Crippen molar-refractivity contribution < 1.29 is 4.48 Å². The van der Waals surface area contributed by atoms with Crippen LogP contribution in [0.2, 0.25) is 0 Å². The molecule has 88 valence electrons. The lowest BCUT2D eigenvalue weighted by atomic mass is 10.2. The molecule has 2 aromatic heterocycles. The Morgan fingerprint density at radius 1 is 0.824 bits per heavy atom. The highest BCUT2D eigenvalue weighted by atomic mass is 15.3. The highest BCUT2D eigenvalue weighted by Crippen LogP contribution is 2.11. The summed E-state index contributed by atoms with van der Waals surface area (Å²) in [7, 11) is 4.40. The van der Waals surface area contributed by atoms with Gasteiger partial charge in [-0.05, 0) is 24.3 Å². The Hall–Kier alpha value is -1.74. The van der Waals surface area contributed by atoms with Crippen LogP contribution in [0.15, 0.2) is 48.8 Å². The summed E-state index contributed by atoms with van der Waals surface area (Å²) in [6.07, 6.45) is 3.69. The van der Waals surface area contributed by atoms with Gasteiger partial charge in [-0.25, -0.2) is 0 Å². The van der Waals surface area contributed by atoms with E-state index >= 15 is 0 Å². The molecular weight excluding hydrogens is 210 g/mol.